The molecule has 0 unspecified atom stereocenters. The number of pyridine rings is 1. The van der Waals surface area contributed by atoms with E-state index >= 15 is 0 Å². The monoisotopic (exact) mass is 345 g/mol. The van der Waals surface area contributed by atoms with Gasteiger partial charge in [-0.3, -0.25) is 9.78 Å². The molecule has 0 saturated carbocycles. The van der Waals surface area contributed by atoms with Crippen molar-refractivity contribution in [2.24, 2.45) is 0 Å². The largest absolute Gasteiger partial charge is 0.327 e. The molecule has 3 aromatic rings. The van der Waals surface area contributed by atoms with E-state index in [2.05, 4.69) is 10.3 Å². The Hall–Kier alpha value is -3.00. The van der Waals surface area contributed by atoms with Gasteiger partial charge in [0.2, 0.25) is 6.41 Å². The van der Waals surface area contributed by atoms with Crippen LogP contribution in [-0.2, 0) is 14.8 Å². The Kier molecular flexibility index (Phi) is 4.13. The number of rotatable bonds is 5. The molecule has 0 spiro atoms. The summed E-state index contributed by atoms with van der Waals surface area (Å²) in [5.41, 5.74) is 0.431. The maximum Gasteiger partial charge on any atom is 0.269 e. The number of nitrogens with one attached hydrogen (secondary N) is 1. The van der Waals surface area contributed by atoms with Crippen LogP contribution < -0.4 is 5.32 Å². The third kappa shape index (κ3) is 2.79. The number of aromatic nitrogens is 2. The highest BCUT2D eigenvalue weighted by molar-refractivity contribution is 7.90. The van der Waals surface area contributed by atoms with Gasteiger partial charge >= 0.3 is 0 Å². The van der Waals surface area contributed by atoms with Crippen molar-refractivity contribution in [1.82, 2.24) is 8.96 Å². The van der Waals surface area contributed by atoms with E-state index in [1.165, 1.54) is 55.0 Å². The molecule has 1 amide bonds. The molecule has 1 N–H and O–H groups in total. The van der Waals surface area contributed by atoms with E-state index in [9.17, 15) is 17.6 Å². The molecular weight excluding hydrogens is 333 g/mol. The smallest absolute Gasteiger partial charge is 0.269 e. The van der Waals surface area contributed by atoms with E-state index in [4.69, 9.17) is 0 Å². The molecular formula is C16H12FN3O3S. The highest BCUT2D eigenvalue weighted by atomic mass is 32.2. The standard InChI is InChI=1S/C16H12FN3O3S/c17-15-6-2-1-5-14(15)16-8-12(19-11-21)10-20(16)24(22,23)13-4-3-7-18-9-13/h1-11H,(H,19,21). The quantitative estimate of drug-likeness (QED) is 0.721. The molecule has 8 heteroatoms. The normalized spacial score (nSPS) is 11.2. The van der Waals surface area contributed by atoms with Gasteiger partial charge in [-0.2, -0.15) is 0 Å². The maximum absolute atomic E-state index is 14.1. The number of carbonyl (C=O) groups excluding carboxylic acids is 1. The molecule has 2 aromatic heterocycles. The summed E-state index contributed by atoms with van der Waals surface area (Å²) in [5.74, 6) is -0.573. The fraction of sp³-hybridized carbons (Fsp3) is 0. The van der Waals surface area contributed by atoms with Gasteiger partial charge in [-0.05, 0) is 30.3 Å². The summed E-state index contributed by atoms with van der Waals surface area (Å²) in [4.78, 5) is 14.4. The molecule has 3 rings (SSSR count). The third-order valence-corrected chi connectivity index (χ3v) is 5.01. The van der Waals surface area contributed by atoms with Crippen LogP contribution >= 0.6 is 0 Å². The Morgan fingerprint density at radius 3 is 2.62 bits per heavy atom. The van der Waals surface area contributed by atoms with Gasteiger partial charge in [0.1, 0.15) is 10.7 Å². The van der Waals surface area contributed by atoms with Gasteiger partial charge in [0.15, 0.2) is 0 Å². The minimum absolute atomic E-state index is 0.0455. The number of benzene rings is 1. The fourth-order valence-electron chi connectivity index (χ4n) is 2.27. The first-order chi connectivity index (χ1) is 11.5. The van der Waals surface area contributed by atoms with Crippen molar-refractivity contribution in [3.63, 3.8) is 0 Å². The van der Waals surface area contributed by atoms with Crippen LogP contribution in [-0.4, -0.2) is 23.8 Å². The van der Waals surface area contributed by atoms with Gasteiger partial charge in [0.25, 0.3) is 10.0 Å². The molecule has 1 aromatic carbocycles. The lowest BCUT2D eigenvalue weighted by Gasteiger charge is -2.10. The Morgan fingerprint density at radius 2 is 1.96 bits per heavy atom. The Morgan fingerprint density at radius 1 is 1.17 bits per heavy atom. The van der Waals surface area contributed by atoms with Gasteiger partial charge in [-0.25, -0.2) is 16.8 Å². The lowest BCUT2D eigenvalue weighted by atomic mass is 10.1. The van der Waals surface area contributed by atoms with Crippen molar-refractivity contribution in [2.45, 2.75) is 4.90 Å². The van der Waals surface area contributed by atoms with Gasteiger partial charge < -0.3 is 5.32 Å². The van der Waals surface area contributed by atoms with Crippen molar-refractivity contribution in [3.8, 4) is 11.3 Å². The molecule has 0 fully saturated rings. The Balaban J connectivity index is 2.24. The minimum Gasteiger partial charge on any atom is -0.327 e. The van der Waals surface area contributed by atoms with Crippen molar-refractivity contribution in [3.05, 3.63) is 66.9 Å². The van der Waals surface area contributed by atoms with Crippen LogP contribution in [0.4, 0.5) is 10.1 Å². The molecule has 0 aliphatic heterocycles. The second-order valence-corrected chi connectivity index (χ2v) is 6.66. The molecule has 0 aliphatic carbocycles. The zero-order valence-electron chi connectivity index (χ0n) is 12.3. The average molecular weight is 345 g/mol. The van der Waals surface area contributed by atoms with Crippen LogP contribution in [0.5, 0.6) is 0 Å². The predicted molar refractivity (Wildman–Crippen MR) is 86.3 cm³/mol. The van der Waals surface area contributed by atoms with Crippen molar-refractivity contribution >= 4 is 22.1 Å². The third-order valence-electron chi connectivity index (χ3n) is 3.35. The SMILES string of the molecule is O=CNc1cc(-c2ccccc2F)n(S(=O)(=O)c2cccnc2)c1. The molecule has 24 heavy (non-hydrogen) atoms. The second kappa shape index (κ2) is 6.25. The molecule has 6 nitrogen and oxygen atoms in total. The van der Waals surface area contributed by atoms with Gasteiger partial charge in [0.05, 0.1) is 11.4 Å². The van der Waals surface area contributed by atoms with Crippen LogP contribution in [0.25, 0.3) is 11.3 Å². The molecule has 0 aliphatic rings. The maximum atomic E-state index is 14.1. The highest BCUT2D eigenvalue weighted by Gasteiger charge is 2.23. The first kappa shape index (κ1) is 15.9. The first-order valence-corrected chi connectivity index (χ1v) is 8.31. The zero-order valence-corrected chi connectivity index (χ0v) is 13.1. The van der Waals surface area contributed by atoms with Crippen LogP contribution in [0.2, 0.25) is 0 Å². The van der Waals surface area contributed by atoms with Crippen LogP contribution in [0, 0.1) is 5.82 Å². The number of halogens is 1. The van der Waals surface area contributed by atoms with Crippen LogP contribution in [0.3, 0.4) is 0 Å². The summed E-state index contributed by atoms with van der Waals surface area (Å²) in [7, 11) is -4.00. The summed E-state index contributed by atoms with van der Waals surface area (Å²) >= 11 is 0. The van der Waals surface area contributed by atoms with Gasteiger partial charge in [0, 0.05) is 24.2 Å². The highest BCUT2D eigenvalue weighted by Crippen LogP contribution is 2.30. The topological polar surface area (TPSA) is 81.1 Å². The summed E-state index contributed by atoms with van der Waals surface area (Å²) in [6.45, 7) is 0. The molecule has 2 heterocycles. The molecule has 122 valence electrons. The number of amides is 1. The Labute approximate surface area is 137 Å². The number of anilines is 1. The molecule has 0 radical (unpaired) electrons. The first-order valence-electron chi connectivity index (χ1n) is 6.87. The van der Waals surface area contributed by atoms with Gasteiger partial charge in [-0.15, -0.1) is 0 Å². The van der Waals surface area contributed by atoms with Gasteiger partial charge in [-0.1, -0.05) is 12.1 Å². The summed E-state index contributed by atoms with van der Waals surface area (Å²) in [6, 6.07) is 10.1. The predicted octanol–water partition coefficient (Wildman–Crippen LogP) is 2.49. The fourth-order valence-corrected chi connectivity index (χ4v) is 3.60. The molecule has 0 bridgehead atoms. The molecule has 0 atom stereocenters. The van der Waals surface area contributed by atoms with Crippen molar-refractivity contribution in [1.29, 1.82) is 0 Å². The van der Waals surface area contributed by atoms with E-state index in [1.807, 2.05) is 0 Å². The second-order valence-electron chi connectivity index (χ2n) is 4.85. The summed E-state index contributed by atoms with van der Waals surface area (Å²) in [5, 5.41) is 2.38. The van der Waals surface area contributed by atoms with Crippen molar-refractivity contribution < 1.29 is 17.6 Å². The molecule has 0 saturated heterocycles. The van der Waals surface area contributed by atoms with Crippen LogP contribution in [0.15, 0.2) is 66.0 Å². The van der Waals surface area contributed by atoms with E-state index in [0.29, 0.717) is 6.41 Å². The van der Waals surface area contributed by atoms with E-state index < -0.39 is 15.8 Å². The van der Waals surface area contributed by atoms with Crippen LogP contribution in [0.1, 0.15) is 0 Å². The minimum atomic E-state index is -4.00. The zero-order chi connectivity index (χ0) is 17.2. The number of nitrogens with zero attached hydrogens (tertiary/aromatic N) is 2. The number of carbonyl (C=O) groups is 1. The number of hydrogen-bond acceptors (Lipinski definition) is 4. The van der Waals surface area contributed by atoms with Crippen molar-refractivity contribution in [2.75, 3.05) is 5.32 Å². The average Bonchev–Trinajstić information content (AvgIpc) is 3.01. The lowest BCUT2D eigenvalue weighted by Crippen LogP contribution is -2.13. The van der Waals surface area contributed by atoms with E-state index in [1.54, 1.807) is 6.07 Å². The lowest BCUT2D eigenvalue weighted by molar-refractivity contribution is -0.105. The summed E-state index contributed by atoms with van der Waals surface area (Å²) in [6.07, 6.45) is 4.29. The summed E-state index contributed by atoms with van der Waals surface area (Å²) < 4.78 is 40.7. The van der Waals surface area contributed by atoms with E-state index in [0.717, 1.165) is 3.97 Å². The Bertz CT molecular complexity index is 985. The number of hydrogen-bond donors (Lipinski definition) is 1. The van der Waals surface area contributed by atoms with E-state index in [-0.39, 0.29) is 21.8 Å².